The lowest BCUT2D eigenvalue weighted by molar-refractivity contribution is 0.212. The Morgan fingerprint density at radius 2 is 1.53 bits per heavy atom. The molecule has 3 nitrogen and oxygen atoms in total. The third kappa shape index (κ3) is 6.65. The number of aryl methyl sites for hydroxylation is 2. The second-order valence-corrected chi connectivity index (χ2v) is 13.0. The second-order valence-electron chi connectivity index (χ2n) is 12.2. The summed E-state index contributed by atoms with van der Waals surface area (Å²) in [5, 5.41) is 4.96. The topological polar surface area (TPSA) is 18.5 Å². The Hall–Kier alpha value is -3.24. The van der Waals surface area contributed by atoms with Crippen LogP contribution in [0.5, 0.6) is 0 Å². The van der Waals surface area contributed by atoms with E-state index in [-0.39, 0.29) is 6.04 Å². The van der Waals surface area contributed by atoms with Gasteiger partial charge in [0.15, 0.2) is 0 Å². The molecule has 1 saturated heterocycles. The zero-order valence-electron chi connectivity index (χ0n) is 25.3. The molecule has 0 radical (unpaired) electrons. The number of nitrogens with one attached hydrogen (secondary N) is 1. The van der Waals surface area contributed by atoms with Gasteiger partial charge in [-0.3, -0.25) is 4.90 Å². The number of anilines is 1. The predicted octanol–water partition coefficient (Wildman–Crippen LogP) is 9.69. The number of rotatable bonds is 8. The average molecular weight is 611 g/mol. The molecule has 0 amide bonds. The molecule has 43 heavy (non-hydrogen) atoms. The number of hydrogen-bond acceptors (Lipinski definition) is 3. The maximum absolute atomic E-state index is 6.63. The quantitative estimate of drug-likeness (QED) is 0.214. The van der Waals surface area contributed by atoms with E-state index >= 15 is 0 Å². The Morgan fingerprint density at radius 3 is 2.30 bits per heavy atom. The van der Waals surface area contributed by atoms with Gasteiger partial charge in [-0.25, -0.2) is 0 Å². The van der Waals surface area contributed by atoms with E-state index in [0.29, 0.717) is 16.1 Å². The molecule has 222 valence electrons. The molecular formula is C38H41Cl2N3. The van der Waals surface area contributed by atoms with E-state index in [0.717, 1.165) is 37.6 Å². The smallest absolute Gasteiger partial charge is 0.0825 e. The van der Waals surface area contributed by atoms with Crippen LogP contribution in [0.15, 0.2) is 91.5 Å². The Morgan fingerprint density at radius 1 is 0.814 bits per heavy atom. The molecule has 1 aliphatic heterocycles. The highest BCUT2D eigenvalue weighted by Crippen LogP contribution is 2.38. The highest BCUT2D eigenvalue weighted by atomic mass is 35.5. The number of hydrogen-bond donors (Lipinski definition) is 1. The van der Waals surface area contributed by atoms with Crippen LogP contribution < -0.4 is 10.2 Å². The summed E-state index contributed by atoms with van der Waals surface area (Å²) in [5.41, 5.74) is 10.9. The summed E-state index contributed by atoms with van der Waals surface area (Å²) in [5.74, 6) is 0. The lowest BCUT2D eigenvalue weighted by atomic mass is 9.89. The van der Waals surface area contributed by atoms with Crippen molar-refractivity contribution in [3.63, 3.8) is 0 Å². The van der Waals surface area contributed by atoms with E-state index in [1.165, 1.54) is 64.6 Å². The van der Waals surface area contributed by atoms with Gasteiger partial charge in [-0.2, -0.15) is 0 Å². The summed E-state index contributed by atoms with van der Waals surface area (Å²) in [7, 11) is 0. The van der Waals surface area contributed by atoms with Crippen LogP contribution in [-0.2, 0) is 0 Å². The van der Waals surface area contributed by atoms with Gasteiger partial charge in [0, 0.05) is 37.9 Å². The molecule has 1 saturated carbocycles. The van der Waals surface area contributed by atoms with Crippen molar-refractivity contribution in [3.05, 3.63) is 129 Å². The van der Waals surface area contributed by atoms with E-state index in [1.54, 1.807) is 0 Å². The molecule has 1 heterocycles. The van der Waals surface area contributed by atoms with Crippen molar-refractivity contribution >= 4 is 34.6 Å². The zero-order valence-corrected chi connectivity index (χ0v) is 26.8. The summed E-state index contributed by atoms with van der Waals surface area (Å²) in [4.78, 5) is 4.99. The fraction of sp³-hybridized carbons (Fsp3) is 0.316. The third-order valence-corrected chi connectivity index (χ3v) is 9.97. The first-order valence-corrected chi connectivity index (χ1v) is 16.3. The highest BCUT2D eigenvalue weighted by Gasteiger charge is 2.29. The van der Waals surface area contributed by atoms with Crippen LogP contribution in [0, 0.1) is 13.8 Å². The molecule has 1 atom stereocenters. The SMILES string of the molecule is C=C(NC1CCCC1)c1cccc(C(c2cc(-c3cccc(C)c3)ccc2C)N2CCN(c3cccc(Cl)c3Cl)CC2)c1. The van der Waals surface area contributed by atoms with Crippen molar-refractivity contribution in [2.75, 3.05) is 31.1 Å². The molecule has 2 aliphatic rings. The number of piperazine rings is 1. The van der Waals surface area contributed by atoms with Gasteiger partial charge in [0.25, 0.3) is 0 Å². The number of halogens is 2. The first-order chi connectivity index (χ1) is 20.9. The van der Waals surface area contributed by atoms with Crippen LogP contribution in [0.3, 0.4) is 0 Å². The maximum atomic E-state index is 6.63. The predicted molar refractivity (Wildman–Crippen MR) is 184 cm³/mol. The monoisotopic (exact) mass is 609 g/mol. The standard InChI is InChI=1S/C38H41Cl2N3/c1-26-9-6-11-30(23-26)31-18-17-27(2)34(25-31)38(32-12-7-10-29(24-32)28(3)41-33-13-4-5-14-33)43-21-19-42(20-22-43)36-16-8-15-35(39)37(36)40/h6-12,15-18,23-25,33,38,41H,3-5,13-14,19-22H2,1-2H3. The van der Waals surface area contributed by atoms with Crippen LogP contribution in [-0.4, -0.2) is 37.1 Å². The van der Waals surface area contributed by atoms with Crippen molar-refractivity contribution in [3.8, 4) is 11.1 Å². The highest BCUT2D eigenvalue weighted by molar-refractivity contribution is 6.43. The third-order valence-electron chi connectivity index (χ3n) is 9.16. The van der Waals surface area contributed by atoms with Gasteiger partial charge in [-0.1, -0.05) is 109 Å². The molecular weight excluding hydrogens is 569 g/mol. The number of nitrogens with zero attached hydrogens (tertiary/aromatic N) is 2. The van der Waals surface area contributed by atoms with Crippen molar-refractivity contribution in [1.82, 2.24) is 10.2 Å². The Balaban J connectivity index is 1.35. The maximum Gasteiger partial charge on any atom is 0.0825 e. The van der Waals surface area contributed by atoms with Crippen molar-refractivity contribution in [1.29, 1.82) is 0 Å². The van der Waals surface area contributed by atoms with Crippen molar-refractivity contribution in [2.45, 2.75) is 51.6 Å². The minimum absolute atomic E-state index is 0.112. The van der Waals surface area contributed by atoms with Gasteiger partial charge in [0.1, 0.15) is 0 Å². The second kappa shape index (κ2) is 13.2. The van der Waals surface area contributed by atoms with E-state index in [1.807, 2.05) is 12.1 Å². The Kier molecular flexibility index (Phi) is 9.14. The van der Waals surface area contributed by atoms with Gasteiger partial charge in [-0.15, -0.1) is 0 Å². The average Bonchev–Trinajstić information content (AvgIpc) is 3.53. The normalized spacial score (nSPS) is 16.8. The molecule has 5 heteroatoms. The molecule has 1 aliphatic carbocycles. The first kappa shape index (κ1) is 29.8. The van der Waals surface area contributed by atoms with Gasteiger partial charge >= 0.3 is 0 Å². The molecule has 4 aromatic rings. The fourth-order valence-corrected chi connectivity index (χ4v) is 7.20. The summed E-state index contributed by atoms with van der Waals surface area (Å²) < 4.78 is 0. The van der Waals surface area contributed by atoms with Crippen LogP contribution >= 0.6 is 23.2 Å². The van der Waals surface area contributed by atoms with Crippen molar-refractivity contribution < 1.29 is 0 Å². The van der Waals surface area contributed by atoms with E-state index < -0.39 is 0 Å². The van der Waals surface area contributed by atoms with Crippen LogP contribution in [0.1, 0.15) is 59.5 Å². The van der Waals surface area contributed by atoms with Gasteiger partial charge in [0.05, 0.1) is 21.8 Å². The molecule has 0 bridgehead atoms. The minimum atomic E-state index is 0.112. The zero-order chi connectivity index (χ0) is 29.9. The largest absolute Gasteiger partial charge is 0.382 e. The van der Waals surface area contributed by atoms with Crippen LogP contribution in [0.2, 0.25) is 10.0 Å². The molecule has 0 spiro atoms. The molecule has 1 unspecified atom stereocenters. The Bertz CT molecular complexity index is 1600. The molecule has 6 rings (SSSR count). The molecule has 4 aromatic carbocycles. The lowest BCUT2D eigenvalue weighted by Crippen LogP contribution is -2.48. The van der Waals surface area contributed by atoms with E-state index in [2.05, 4.69) is 108 Å². The summed E-state index contributed by atoms with van der Waals surface area (Å²) in [6.07, 6.45) is 5.06. The van der Waals surface area contributed by atoms with E-state index in [9.17, 15) is 0 Å². The lowest BCUT2D eigenvalue weighted by Gasteiger charge is -2.41. The minimum Gasteiger partial charge on any atom is -0.382 e. The Labute approximate surface area is 267 Å². The molecule has 2 fully saturated rings. The van der Waals surface area contributed by atoms with Gasteiger partial charge in [-0.05, 0) is 84.3 Å². The van der Waals surface area contributed by atoms with Crippen LogP contribution in [0.25, 0.3) is 16.8 Å². The van der Waals surface area contributed by atoms with Gasteiger partial charge in [0.2, 0.25) is 0 Å². The number of benzene rings is 4. The summed E-state index contributed by atoms with van der Waals surface area (Å²) in [6, 6.07) is 31.3. The summed E-state index contributed by atoms with van der Waals surface area (Å²) >= 11 is 13.0. The fourth-order valence-electron chi connectivity index (χ4n) is 6.78. The van der Waals surface area contributed by atoms with Gasteiger partial charge < -0.3 is 10.2 Å². The summed E-state index contributed by atoms with van der Waals surface area (Å²) in [6.45, 7) is 12.4. The molecule has 0 aromatic heterocycles. The first-order valence-electron chi connectivity index (χ1n) is 15.5. The van der Waals surface area contributed by atoms with E-state index in [4.69, 9.17) is 23.2 Å². The molecule has 1 N–H and O–H groups in total. The van der Waals surface area contributed by atoms with Crippen LogP contribution in [0.4, 0.5) is 5.69 Å². The van der Waals surface area contributed by atoms with Crippen molar-refractivity contribution in [2.24, 2.45) is 0 Å².